The second-order valence-corrected chi connectivity index (χ2v) is 6.11. The first-order valence-corrected chi connectivity index (χ1v) is 7.98. The number of nitrogens with one attached hydrogen (secondary N) is 1. The predicted molar refractivity (Wildman–Crippen MR) is 89.5 cm³/mol. The van der Waals surface area contributed by atoms with Crippen LogP contribution in [0.25, 0.3) is 10.9 Å². The van der Waals surface area contributed by atoms with Crippen LogP contribution in [0.15, 0.2) is 30.5 Å². The number of rotatable bonds is 3. The smallest absolute Gasteiger partial charge is 0.268 e. The van der Waals surface area contributed by atoms with E-state index >= 15 is 0 Å². The molecule has 0 radical (unpaired) electrons. The van der Waals surface area contributed by atoms with Crippen molar-refractivity contribution in [2.45, 2.75) is 18.4 Å². The van der Waals surface area contributed by atoms with Gasteiger partial charge in [0.05, 0.1) is 41.9 Å². The number of aromatic nitrogens is 1. The van der Waals surface area contributed by atoms with E-state index in [0.29, 0.717) is 16.5 Å². The third-order valence-electron chi connectivity index (χ3n) is 4.25. The molecule has 1 N–H and O–H groups in total. The number of carbonyl (C=O) groups excluding carboxylic acids is 2. The number of nitriles is 2. The highest BCUT2D eigenvalue weighted by molar-refractivity contribution is 6.07. The van der Waals surface area contributed by atoms with Crippen LogP contribution in [0.3, 0.4) is 0 Å². The number of alkyl halides is 2. The Hall–Kier alpha value is -3.59. The zero-order valence-corrected chi connectivity index (χ0v) is 13.9. The average Bonchev–Trinajstić information content (AvgIpc) is 2.99. The van der Waals surface area contributed by atoms with Crippen molar-refractivity contribution in [2.75, 3.05) is 13.1 Å². The van der Waals surface area contributed by atoms with Crippen molar-refractivity contribution < 1.29 is 18.4 Å². The number of benzene rings is 1. The van der Waals surface area contributed by atoms with Crippen LogP contribution in [-0.2, 0) is 4.79 Å². The molecule has 1 fully saturated rings. The third kappa shape index (κ3) is 3.67. The van der Waals surface area contributed by atoms with Gasteiger partial charge in [0, 0.05) is 18.0 Å². The van der Waals surface area contributed by atoms with E-state index in [0.717, 1.165) is 4.90 Å². The van der Waals surface area contributed by atoms with Crippen LogP contribution in [0.2, 0.25) is 0 Å². The van der Waals surface area contributed by atoms with Gasteiger partial charge in [-0.3, -0.25) is 14.6 Å². The number of likely N-dealkylation sites (tertiary alicyclic amines) is 1. The monoisotopic (exact) mass is 369 g/mol. The van der Waals surface area contributed by atoms with Gasteiger partial charge < -0.3 is 10.2 Å². The molecule has 0 saturated carbocycles. The zero-order chi connectivity index (χ0) is 19.6. The number of hydrogen-bond donors (Lipinski definition) is 1. The first-order valence-electron chi connectivity index (χ1n) is 7.98. The summed E-state index contributed by atoms with van der Waals surface area (Å²) in [6, 6.07) is 8.54. The molecule has 0 bridgehead atoms. The zero-order valence-electron chi connectivity index (χ0n) is 13.9. The summed E-state index contributed by atoms with van der Waals surface area (Å²) in [5.41, 5.74) is 1.04. The van der Waals surface area contributed by atoms with Gasteiger partial charge in [-0.05, 0) is 24.3 Å². The van der Waals surface area contributed by atoms with E-state index in [-0.39, 0.29) is 5.56 Å². The lowest BCUT2D eigenvalue weighted by molar-refractivity contribution is -0.131. The largest absolute Gasteiger partial charge is 0.343 e. The Balaban J connectivity index is 1.75. The molecule has 1 atom stereocenters. The molecule has 2 heterocycles. The Morgan fingerprint density at radius 2 is 2.11 bits per heavy atom. The molecule has 2 amide bonds. The van der Waals surface area contributed by atoms with E-state index < -0.39 is 43.3 Å². The van der Waals surface area contributed by atoms with Crippen LogP contribution in [-0.4, -0.2) is 46.8 Å². The van der Waals surface area contributed by atoms with Crippen LogP contribution in [0.5, 0.6) is 0 Å². The van der Waals surface area contributed by atoms with Crippen molar-refractivity contribution in [3.05, 3.63) is 41.6 Å². The van der Waals surface area contributed by atoms with E-state index in [4.69, 9.17) is 10.5 Å². The maximum Gasteiger partial charge on any atom is 0.268 e. The van der Waals surface area contributed by atoms with E-state index in [1.807, 2.05) is 6.07 Å². The van der Waals surface area contributed by atoms with Gasteiger partial charge in [-0.15, -0.1) is 0 Å². The van der Waals surface area contributed by atoms with Crippen LogP contribution in [0.4, 0.5) is 8.78 Å². The molecule has 0 unspecified atom stereocenters. The summed E-state index contributed by atoms with van der Waals surface area (Å²) in [5, 5.41) is 20.8. The summed E-state index contributed by atoms with van der Waals surface area (Å²) in [6.07, 6.45) is 0.701. The van der Waals surface area contributed by atoms with Gasteiger partial charge in [-0.25, -0.2) is 8.78 Å². The lowest BCUT2D eigenvalue weighted by Crippen LogP contribution is -2.43. The lowest BCUT2D eigenvalue weighted by atomic mass is 10.1. The maximum absolute atomic E-state index is 13.4. The van der Waals surface area contributed by atoms with Gasteiger partial charge in [0.15, 0.2) is 0 Å². The van der Waals surface area contributed by atoms with E-state index in [2.05, 4.69) is 10.3 Å². The highest BCUT2D eigenvalue weighted by Crippen LogP contribution is 2.31. The molecule has 136 valence electrons. The van der Waals surface area contributed by atoms with Gasteiger partial charge in [-0.2, -0.15) is 10.5 Å². The first kappa shape index (κ1) is 18.2. The summed E-state index contributed by atoms with van der Waals surface area (Å²) in [6.45, 7) is -1.36. The van der Waals surface area contributed by atoms with E-state index in [1.54, 1.807) is 18.2 Å². The minimum Gasteiger partial charge on any atom is -0.343 e. The molecule has 7 nitrogen and oxygen atoms in total. The molecule has 1 aromatic carbocycles. The lowest BCUT2D eigenvalue weighted by Gasteiger charge is -2.19. The van der Waals surface area contributed by atoms with Gasteiger partial charge >= 0.3 is 0 Å². The van der Waals surface area contributed by atoms with Gasteiger partial charge in [0.1, 0.15) is 6.04 Å². The molecule has 3 rings (SSSR count). The standard InChI is InChI=1S/C18H13F2N5O2/c19-18(20)6-12(8-22)25(10-18)16(26)9-24-17(27)13-3-4-23-15-2-1-11(7-21)5-14(13)15/h1-5,12H,6,9-10H2,(H,24,27)/t12-/m0/s1. The first-order chi connectivity index (χ1) is 12.8. The minimum absolute atomic E-state index is 0.202. The third-order valence-corrected chi connectivity index (χ3v) is 4.25. The van der Waals surface area contributed by atoms with Crippen LogP contribution < -0.4 is 5.32 Å². The molecule has 1 aromatic heterocycles. The summed E-state index contributed by atoms with van der Waals surface area (Å²) in [4.78, 5) is 29.5. The Bertz CT molecular complexity index is 1010. The Morgan fingerprint density at radius 3 is 2.81 bits per heavy atom. The summed E-state index contributed by atoms with van der Waals surface area (Å²) in [7, 11) is 0. The number of nitrogens with zero attached hydrogens (tertiary/aromatic N) is 4. The van der Waals surface area contributed by atoms with Crippen molar-refractivity contribution >= 4 is 22.7 Å². The fourth-order valence-electron chi connectivity index (χ4n) is 2.96. The number of hydrogen-bond acceptors (Lipinski definition) is 5. The fourth-order valence-corrected chi connectivity index (χ4v) is 2.96. The van der Waals surface area contributed by atoms with Gasteiger partial charge in [0.2, 0.25) is 5.91 Å². The second-order valence-electron chi connectivity index (χ2n) is 6.11. The van der Waals surface area contributed by atoms with Crippen LogP contribution in [0, 0.1) is 22.7 Å². The fraction of sp³-hybridized carbons (Fsp3) is 0.278. The van der Waals surface area contributed by atoms with Crippen LogP contribution in [0.1, 0.15) is 22.3 Å². The van der Waals surface area contributed by atoms with Gasteiger partial charge in [0.25, 0.3) is 11.8 Å². The predicted octanol–water partition coefficient (Wildman–Crippen LogP) is 1.60. The van der Waals surface area contributed by atoms with E-state index in [1.165, 1.54) is 18.3 Å². The minimum atomic E-state index is -3.12. The molecule has 27 heavy (non-hydrogen) atoms. The van der Waals surface area contributed by atoms with Crippen molar-refractivity contribution in [1.82, 2.24) is 15.2 Å². The molecular formula is C18H13F2N5O2. The van der Waals surface area contributed by atoms with Crippen molar-refractivity contribution in [2.24, 2.45) is 0 Å². The topological polar surface area (TPSA) is 110 Å². The van der Waals surface area contributed by atoms with Crippen molar-refractivity contribution in [3.8, 4) is 12.1 Å². The molecule has 0 aliphatic carbocycles. The van der Waals surface area contributed by atoms with Crippen molar-refractivity contribution in [3.63, 3.8) is 0 Å². The Kier molecular flexibility index (Phi) is 4.70. The highest BCUT2D eigenvalue weighted by atomic mass is 19.3. The van der Waals surface area contributed by atoms with Crippen molar-refractivity contribution in [1.29, 1.82) is 10.5 Å². The number of carbonyl (C=O) groups is 2. The Morgan fingerprint density at radius 1 is 1.33 bits per heavy atom. The Labute approximate surface area is 152 Å². The number of fused-ring (bicyclic) bond motifs is 1. The summed E-state index contributed by atoms with van der Waals surface area (Å²) >= 11 is 0. The van der Waals surface area contributed by atoms with E-state index in [9.17, 15) is 18.4 Å². The number of amides is 2. The van der Waals surface area contributed by atoms with Crippen LogP contribution >= 0.6 is 0 Å². The molecule has 1 saturated heterocycles. The molecule has 2 aromatic rings. The molecule has 1 aliphatic heterocycles. The normalized spacial score (nSPS) is 17.9. The van der Waals surface area contributed by atoms with Gasteiger partial charge in [-0.1, -0.05) is 0 Å². The second kappa shape index (κ2) is 6.96. The molecule has 9 heteroatoms. The molecule has 0 spiro atoms. The SMILES string of the molecule is N#Cc1ccc2nccc(C(=O)NCC(=O)N3CC(F)(F)C[C@H]3C#N)c2c1. The molecule has 1 aliphatic rings. The quantitative estimate of drug-likeness (QED) is 0.884. The number of pyridine rings is 1. The summed E-state index contributed by atoms with van der Waals surface area (Å²) in [5.74, 6) is -4.48. The average molecular weight is 369 g/mol. The highest BCUT2D eigenvalue weighted by Gasteiger charge is 2.47. The summed E-state index contributed by atoms with van der Waals surface area (Å²) < 4.78 is 26.9. The maximum atomic E-state index is 13.4. The molecular weight excluding hydrogens is 356 g/mol. The number of halogens is 2.